The van der Waals surface area contributed by atoms with Crippen LogP contribution in [-0.4, -0.2) is 59.1 Å². The van der Waals surface area contributed by atoms with Crippen molar-refractivity contribution >= 4 is 28.6 Å². The molecular formula is C41H66O7Si2. The molecule has 50 heavy (non-hydrogen) atoms. The predicted molar refractivity (Wildman–Crippen MR) is 206 cm³/mol. The Balaban J connectivity index is 1.56. The molecule has 0 spiro atoms. The van der Waals surface area contributed by atoms with Crippen LogP contribution in [0.1, 0.15) is 99.5 Å². The summed E-state index contributed by atoms with van der Waals surface area (Å²) in [6.07, 6.45) is 8.99. The summed E-state index contributed by atoms with van der Waals surface area (Å²) in [5.74, 6) is 0.632. The lowest BCUT2D eigenvalue weighted by molar-refractivity contribution is -0.164. The topological polar surface area (TPSA) is 80.3 Å². The SMILES string of the molecule is CC[C@H](Oc1ccc(C)cc1)C(=O)OC1CC(O[Si](C)(C)C(C)(C)C)C=C2C=CC(C)C(CC[C@@H]3C[C@@H](O[Si](C)(C)C(C)(C)C)CC(=O)O3)C21. The average Bonchev–Trinajstić information content (AvgIpc) is 2.98. The quantitative estimate of drug-likeness (QED) is 0.157. The number of fused-ring (bicyclic) bond motifs is 1. The number of carbonyl (C=O) groups excluding carboxylic acids is 2. The molecule has 280 valence electrons. The fourth-order valence-electron chi connectivity index (χ4n) is 6.99. The molecule has 4 rings (SSSR count). The highest BCUT2D eigenvalue weighted by Crippen LogP contribution is 2.47. The first-order chi connectivity index (χ1) is 23.1. The van der Waals surface area contributed by atoms with E-state index in [1.165, 1.54) is 5.57 Å². The first-order valence-corrected chi connectivity index (χ1v) is 24.8. The van der Waals surface area contributed by atoms with Crippen LogP contribution in [0.3, 0.4) is 0 Å². The average molecular weight is 727 g/mol. The molecule has 0 saturated carbocycles. The monoisotopic (exact) mass is 726 g/mol. The fraction of sp³-hybridized carbons (Fsp3) is 0.707. The minimum Gasteiger partial charge on any atom is -0.479 e. The second-order valence-electron chi connectivity index (χ2n) is 18.2. The van der Waals surface area contributed by atoms with Gasteiger partial charge in [-0.2, -0.15) is 0 Å². The summed E-state index contributed by atoms with van der Waals surface area (Å²) in [6, 6.07) is 7.78. The molecular weight excluding hydrogens is 661 g/mol. The van der Waals surface area contributed by atoms with Crippen molar-refractivity contribution in [3.63, 3.8) is 0 Å². The van der Waals surface area contributed by atoms with E-state index >= 15 is 0 Å². The fourth-order valence-corrected chi connectivity index (χ4v) is 9.64. The van der Waals surface area contributed by atoms with Crippen LogP contribution < -0.4 is 4.74 Å². The minimum absolute atomic E-state index is 0.00802. The number of hydrogen-bond donors (Lipinski definition) is 0. The van der Waals surface area contributed by atoms with Gasteiger partial charge in [0.1, 0.15) is 18.0 Å². The Morgan fingerprint density at radius 3 is 2.16 bits per heavy atom. The maximum Gasteiger partial charge on any atom is 0.347 e. The molecule has 0 aromatic heterocycles. The molecule has 1 fully saturated rings. The van der Waals surface area contributed by atoms with E-state index in [9.17, 15) is 9.59 Å². The molecule has 5 unspecified atom stereocenters. The third kappa shape index (κ3) is 10.0. The van der Waals surface area contributed by atoms with Crippen LogP contribution in [0.5, 0.6) is 5.75 Å². The highest BCUT2D eigenvalue weighted by molar-refractivity contribution is 6.74. The second kappa shape index (κ2) is 15.8. The maximum absolute atomic E-state index is 13.9. The molecule has 0 radical (unpaired) electrons. The van der Waals surface area contributed by atoms with Crippen LogP contribution in [0.2, 0.25) is 36.3 Å². The van der Waals surface area contributed by atoms with E-state index in [1.807, 2.05) is 38.1 Å². The van der Waals surface area contributed by atoms with Crippen LogP contribution in [0, 0.1) is 24.7 Å². The van der Waals surface area contributed by atoms with E-state index in [4.69, 9.17) is 23.1 Å². The van der Waals surface area contributed by atoms with E-state index in [1.54, 1.807) is 0 Å². The second-order valence-corrected chi connectivity index (χ2v) is 27.7. The van der Waals surface area contributed by atoms with Crippen LogP contribution in [-0.2, 0) is 27.9 Å². The van der Waals surface area contributed by atoms with Gasteiger partial charge in [0.2, 0.25) is 0 Å². The van der Waals surface area contributed by atoms with Crippen molar-refractivity contribution in [2.45, 2.75) is 168 Å². The van der Waals surface area contributed by atoms with Gasteiger partial charge in [-0.3, -0.25) is 4.79 Å². The Kier molecular flexibility index (Phi) is 12.8. The summed E-state index contributed by atoms with van der Waals surface area (Å²) < 4.78 is 32.3. The third-order valence-electron chi connectivity index (χ3n) is 12.1. The van der Waals surface area contributed by atoms with Gasteiger partial charge in [0, 0.05) is 18.8 Å². The molecule has 1 aromatic rings. The zero-order valence-corrected chi connectivity index (χ0v) is 35.3. The lowest BCUT2D eigenvalue weighted by Gasteiger charge is -2.46. The Morgan fingerprint density at radius 2 is 1.56 bits per heavy atom. The van der Waals surface area contributed by atoms with E-state index in [0.717, 1.165) is 24.8 Å². The van der Waals surface area contributed by atoms with Gasteiger partial charge in [-0.25, -0.2) is 4.79 Å². The number of cyclic esters (lactones) is 1. The molecule has 1 saturated heterocycles. The molecule has 3 aliphatic rings. The van der Waals surface area contributed by atoms with Crippen molar-refractivity contribution in [1.29, 1.82) is 0 Å². The summed E-state index contributed by atoms with van der Waals surface area (Å²) in [7, 11) is -4.14. The summed E-state index contributed by atoms with van der Waals surface area (Å²) in [5.41, 5.74) is 2.31. The normalized spacial score (nSPS) is 28.3. The van der Waals surface area contributed by atoms with E-state index in [-0.39, 0.29) is 64.2 Å². The first kappa shape index (κ1) is 40.6. The van der Waals surface area contributed by atoms with Gasteiger partial charge in [-0.05, 0) is 92.0 Å². The molecule has 9 heteroatoms. The number of hydrogen-bond acceptors (Lipinski definition) is 7. The largest absolute Gasteiger partial charge is 0.479 e. The number of carbonyl (C=O) groups is 2. The summed E-state index contributed by atoms with van der Waals surface area (Å²) in [6.45, 7) is 28.7. The Morgan fingerprint density at radius 1 is 0.940 bits per heavy atom. The van der Waals surface area contributed by atoms with Crippen LogP contribution in [0.15, 0.2) is 48.1 Å². The van der Waals surface area contributed by atoms with Gasteiger partial charge in [0.05, 0.1) is 18.6 Å². The first-order valence-electron chi connectivity index (χ1n) is 19.0. The van der Waals surface area contributed by atoms with Crippen LogP contribution >= 0.6 is 0 Å². The van der Waals surface area contributed by atoms with Gasteiger partial charge in [0.15, 0.2) is 22.7 Å². The zero-order chi connectivity index (χ0) is 37.2. The lowest BCUT2D eigenvalue weighted by Crippen LogP contribution is -2.49. The smallest absolute Gasteiger partial charge is 0.347 e. The predicted octanol–water partition coefficient (Wildman–Crippen LogP) is 10.1. The molecule has 0 amide bonds. The van der Waals surface area contributed by atoms with Crippen molar-refractivity contribution in [2.75, 3.05) is 0 Å². The Bertz CT molecular complexity index is 1380. The van der Waals surface area contributed by atoms with E-state index in [0.29, 0.717) is 25.0 Å². The number of aryl methyl sites for hydroxylation is 1. The number of allylic oxidation sites excluding steroid dienone is 2. The standard InChI is InChI=1S/C41H66O7Si2/c1-14-35(44-30-19-15-27(2)16-20-30)39(43)46-36-25-32(47-49(10,11)40(4,5)6)23-29-18-17-28(3)34(38(29)36)22-21-31-24-33(26-37(42)45-31)48-50(12,13)41(7,8)9/h15-20,23,28,31-36,38H,14,21-22,24-26H2,1-13H3/t28?,31-,32?,33-,34?,35+,36?,38?/m1/s1. The lowest BCUT2D eigenvalue weighted by atomic mass is 9.66. The number of benzene rings is 1. The highest BCUT2D eigenvalue weighted by atomic mass is 28.4. The van der Waals surface area contributed by atoms with Crippen molar-refractivity contribution in [3.05, 3.63) is 53.6 Å². The van der Waals surface area contributed by atoms with Crippen molar-refractivity contribution in [2.24, 2.45) is 17.8 Å². The van der Waals surface area contributed by atoms with Crippen LogP contribution in [0.4, 0.5) is 0 Å². The van der Waals surface area contributed by atoms with Gasteiger partial charge in [-0.1, -0.05) is 91.3 Å². The number of rotatable bonds is 12. The molecule has 1 aromatic carbocycles. The van der Waals surface area contributed by atoms with Gasteiger partial charge < -0.3 is 23.1 Å². The summed E-state index contributed by atoms with van der Waals surface area (Å²) in [5, 5.41) is 0.116. The van der Waals surface area contributed by atoms with Crippen molar-refractivity contribution in [1.82, 2.24) is 0 Å². The number of ether oxygens (including phenoxy) is 3. The molecule has 7 nitrogen and oxygen atoms in total. The summed E-state index contributed by atoms with van der Waals surface area (Å²) >= 11 is 0. The summed E-state index contributed by atoms with van der Waals surface area (Å²) in [4.78, 5) is 26.7. The zero-order valence-electron chi connectivity index (χ0n) is 33.3. The van der Waals surface area contributed by atoms with Crippen molar-refractivity contribution < 1.29 is 32.7 Å². The Labute approximate surface area is 305 Å². The van der Waals surface area contributed by atoms with Crippen LogP contribution in [0.25, 0.3) is 0 Å². The van der Waals surface area contributed by atoms with Gasteiger partial charge in [0.25, 0.3) is 0 Å². The van der Waals surface area contributed by atoms with Gasteiger partial charge in [-0.15, -0.1) is 0 Å². The Hall–Kier alpha value is -2.21. The third-order valence-corrected chi connectivity index (χ3v) is 21.2. The molecule has 8 atom stereocenters. The minimum atomic E-state index is -2.10. The van der Waals surface area contributed by atoms with E-state index < -0.39 is 22.7 Å². The van der Waals surface area contributed by atoms with E-state index in [2.05, 4.69) is 92.9 Å². The molecule has 1 aliphatic heterocycles. The molecule has 0 N–H and O–H groups in total. The molecule has 1 heterocycles. The molecule has 0 bridgehead atoms. The maximum atomic E-state index is 13.9. The highest BCUT2D eigenvalue weighted by Gasteiger charge is 2.47. The molecule has 2 aliphatic carbocycles. The van der Waals surface area contributed by atoms with Gasteiger partial charge >= 0.3 is 11.9 Å². The van der Waals surface area contributed by atoms with Crippen molar-refractivity contribution in [3.8, 4) is 5.75 Å². The number of esters is 2.